The quantitative estimate of drug-likeness (QED) is 0.493. The lowest BCUT2D eigenvalue weighted by molar-refractivity contribution is 0.0728. The standard InChI is InChI=1S/C24H26N4OS/c1-4-17-10-11-19(14-18(17)5-2)24(29)27-12-13-28(16(3)15-27)22(25)23-26-20-8-6-7-9-21(20)30-23/h6-11,14,25H,3-5,12-13,15H2,1-2H3. The molecule has 154 valence electrons. The summed E-state index contributed by atoms with van der Waals surface area (Å²) in [5, 5.41) is 9.31. The van der Waals surface area contributed by atoms with E-state index in [2.05, 4.69) is 31.5 Å². The van der Waals surface area contributed by atoms with Gasteiger partial charge < -0.3 is 9.80 Å². The van der Waals surface area contributed by atoms with Crippen molar-refractivity contribution in [3.05, 3.63) is 76.4 Å². The second-order valence-corrected chi connectivity index (χ2v) is 8.50. The number of carbonyl (C=O) groups excluding carboxylic acids is 1. The fraction of sp³-hybridized carbons (Fsp3) is 0.292. The van der Waals surface area contributed by atoms with Gasteiger partial charge in [-0.25, -0.2) is 4.98 Å². The van der Waals surface area contributed by atoms with E-state index >= 15 is 0 Å². The maximum Gasteiger partial charge on any atom is 0.254 e. The van der Waals surface area contributed by atoms with Gasteiger partial charge in [-0.3, -0.25) is 10.2 Å². The summed E-state index contributed by atoms with van der Waals surface area (Å²) in [6.07, 6.45) is 1.89. The molecule has 0 unspecified atom stereocenters. The fourth-order valence-electron chi connectivity index (χ4n) is 3.91. The Labute approximate surface area is 181 Å². The van der Waals surface area contributed by atoms with E-state index in [4.69, 9.17) is 5.41 Å². The van der Waals surface area contributed by atoms with Crippen molar-refractivity contribution >= 4 is 33.3 Å². The van der Waals surface area contributed by atoms with Crippen molar-refractivity contribution in [1.29, 1.82) is 5.41 Å². The van der Waals surface area contributed by atoms with E-state index in [1.165, 1.54) is 22.5 Å². The van der Waals surface area contributed by atoms with Gasteiger partial charge in [0.15, 0.2) is 10.8 Å². The molecule has 0 saturated carbocycles. The highest BCUT2D eigenvalue weighted by molar-refractivity contribution is 7.20. The predicted molar refractivity (Wildman–Crippen MR) is 123 cm³/mol. The molecule has 1 amide bonds. The first kappa shape index (κ1) is 20.3. The number of fused-ring (bicyclic) bond motifs is 1. The highest BCUT2D eigenvalue weighted by atomic mass is 32.1. The van der Waals surface area contributed by atoms with Crippen LogP contribution in [0.4, 0.5) is 0 Å². The molecule has 0 radical (unpaired) electrons. The van der Waals surface area contributed by atoms with Crippen molar-refractivity contribution in [2.75, 3.05) is 19.6 Å². The van der Waals surface area contributed by atoms with E-state index in [-0.39, 0.29) is 5.91 Å². The number of hydrogen-bond donors (Lipinski definition) is 1. The van der Waals surface area contributed by atoms with E-state index in [9.17, 15) is 4.79 Å². The van der Waals surface area contributed by atoms with Gasteiger partial charge in [0.05, 0.1) is 16.8 Å². The summed E-state index contributed by atoms with van der Waals surface area (Å²) >= 11 is 1.51. The van der Waals surface area contributed by atoms with Crippen molar-refractivity contribution in [2.45, 2.75) is 26.7 Å². The lowest BCUT2D eigenvalue weighted by Crippen LogP contribution is -2.49. The third kappa shape index (κ3) is 3.75. The fourth-order valence-corrected chi connectivity index (χ4v) is 4.84. The van der Waals surface area contributed by atoms with Crippen LogP contribution in [-0.4, -0.2) is 46.2 Å². The molecule has 4 rings (SSSR count). The molecule has 1 fully saturated rings. The second kappa shape index (κ2) is 8.40. The minimum atomic E-state index is 0.0275. The van der Waals surface area contributed by atoms with Crippen LogP contribution in [-0.2, 0) is 12.8 Å². The zero-order chi connectivity index (χ0) is 21.3. The molecule has 30 heavy (non-hydrogen) atoms. The molecule has 2 aromatic carbocycles. The maximum atomic E-state index is 13.1. The van der Waals surface area contributed by atoms with Crippen molar-refractivity contribution < 1.29 is 4.79 Å². The monoisotopic (exact) mass is 418 g/mol. The number of carbonyl (C=O) groups is 1. The molecule has 3 aromatic rings. The molecule has 0 aliphatic carbocycles. The molecular formula is C24H26N4OS. The molecule has 1 aliphatic rings. The number of piperazine rings is 1. The van der Waals surface area contributed by atoms with Gasteiger partial charge in [0, 0.05) is 24.4 Å². The summed E-state index contributed by atoms with van der Waals surface area (Å²) < 4.78 is 1.07. The van der Waals surface area contributed by atoms with E-state index in [1.807, 2.05) is 46.2 Å². The Morgan fingerprint density at radius 2 is 1.90 bits per heavy atom. The Bertz CT molecular complexity index is 1100. The average molecular weight is 419 g/mol. The van der Waals surface area contributed by atoms with Crippen LogP contribution in [0.2, 0.25) is 0 Å². The number of thiazole rings is 1. The summed E-state index contributed by atoms with van der Waals surface area (Å²) in [6, 6.07) is 13.9. The number of para-hydroxylation sites is 1. The van der Waals surface area contributed by atoms with Gasteiger partial charge >= 0.3 is 0 Å². The Morgan fingerprint density at radius 1 is 1.13 bits per heavy atom. The van der Waals surface area contributed by atoms with E-state index in [1.54, 1.807) is 0 Å². The van der Waals surface area contributed by atoms with E-state index < -0.39 is 0 Å². The van der Waals surface area contributed by atoms with Crippen molar-refractivity contribution in [1.82, 2.24) is 14.8 Å². The Balaban J connectivity index is 1.48. The van der Waals surface area contributed by atoms with Crippen LogP contribution in [0.1, 0.15) is 40.3 Å². The molecule has 2 heterocycles. The summed E-state index contributed by atoms with van der Waals surface area (Å²) in [4.78, 5) is 21.4. The van der Waals surface area contributed by atoms with Gasteiger partial charge in [-0.05, 0) is 48.2 Å². The molecule has 1 N–H and O–H groups in total. The van der Waals surface area contributed by atoms with Gasteiger partial charge in [0.1, 0.15) is 0 Å². The van der Waals surface area contributed by atoms with Crippen molar-refractivity contribution in [3.63, 3.8) is 0 Å². The number of benzene rings is 2. The lowest BCUT2D eigenvalue weighted by atomic mass is 9.99. The molecule has 5 nitrogen and oxygen atoms in total. The first-order valence-electron chi connectivity index (χ1n) is 10.3. The first-order valence-corrected chi connectivity index (χ1v) is 11.1. The minimum absolute atomic E-state index is 0.0275. The number of aromatic nitrogens is 1. The summed E-state index contributed by atoms with van der Waals surface area (Å²) in [7, 11) is 0. The topological polar surface area (TPSA) is 60.3 Å². The van der Waals surface area contributed by atoms with Crippen LogP contribution in [0, 0.1) is 5.41 Å². The molecule has 1 aromatic heterocycles. The number of rotatable bonds is 4. The number of nitrogens with zero attached hydrogens (tertiary/aromatic N) is 3. The lowest BCUT2D eigenvalue weighted by Gasteiger charge is -2.37. The van der Waals surface area contributed by atoms with E-state index in [0.717, 1.165) is 34.3 Å². The van der Waals surface area contributed by atoms with Crippen molar-refractivity contribution in [2.24, 2.45) is 0 Å². The largest absolute Gasteiger partial charge is 0.331 e. The second-order valence-electron chi connectivity index (χ2n) is 7.47. The van der Waals surface area contributed by atoms with Crippen LogP contribution in [0.3, 0.4) is 0 Å². The number of nitrogens with one attached hydrogen (secondary N) is 1. The third-order valence-electron chi connectivity index (χ3n) is 5.62. The third-order valence-corrected chi connectivity index (χ3v) is 6.66. The van der Waals surface area contributed by atoms with Gasteiger partial charge in [-0.1, -0.05) is 38.6 Å². The predicted octanol–water partition coefficient (Wildman–Crippen LogP) is 4.72. The SMILES string of the molecule is C=C1CN(C(=O)c2ccc(CC)c(CC)c2)CCN1C(=N)c1nc2ccccc2s1. The minimum Gasteiger partial charge on any atom is -0.331 e. The van der Waals surface area contributed by atoms with Gasteiger partial charge in [-0.2, -0.15) is 0 Å². The maximum absolute atomic E-state index is 13.1. The average Bonchev–Trinajstić information content (AvgIpc) is 3.22. The number of amidine groups is 1. The molecule has 0 spiro atoms. The van der Waals surface area contributed by atoms with Crippen LogP contribution >= 0.6 is 11.3 Å². The van der Waals surface area contributed by atoms with Crippen molar-refractivity contribution in [3.8, 4) is 0 Å². The van der Waals surface area contributed by atoms with E-state index in [0.29, 0.717) is 30.5 Å². The summed E-state index contributed by atoms with van der Waals surface area (Å²) in [5.41, 5.74) is 4.92. The Morgan fingerprint density at radius 3 is 2.60 bits per heavy atom. The van der Waals surface area contributed by atoms with Gasteiger partial charge in [0.25, 0.3) is 5.91 Å². The summed E-state index contributed by atoms with van der Waals surface area (Å²) in [5.74, 6) is 0.383. The smallest absolute Gasteiger partial charge is 0.254 e. The zero-order valence-corrected chi connectivity index (χ0v) is 18.3. The molecule has 1 saturated heterocycles. The molecule has 1 aliphatic heterocycles. The van der Waals surface area contributed by atoms with Crippen LogP contribution in [0.15, 0.2) is 54.7 Å². The molecular weight excluding hydrogens is 392 g/mol. The number of hydrogen-bond acceptors (Lipinski definition) is 4. The van der Waals surface area contributed by atoms with Gasteiger partial charge in [-0.15, -0.1) is 11.3 Å². The number of aryl methyl sites for hydroxylation is 2. The highest BCUT2D eigenvalue weighted by Crippen LogP contribution is 2.25. The Hall–Kier alpha value is -2.99. The summed E-state index contributed by atoms with van der Waals surface area (Å²) in [6.45, 7) is 9.94. The van der Waals surface area contributed by atoms with Crippen LogP contribution in [0.25, 0.3) is 10.2 Å². The number of amides is 1. The first-order chi connectivity index (χ1) is 14.5. The van der Waals surface area contributed by atoms with Gasteiger partial charge in [0.2, 0.25) is 0 Å². The van der Waals surface area contributed by atoms with Crippen LogP contribution < -0.4 is 0 Å². The highest BCUT2D eigenvalue weighted by Gasteiger charge is 2.28. The van der Waals surface area contributed by atoms with Crippen LogP contribution in [0.5, 0.6) is 0 Å². The Kier molecular flexibility index (Phi) is 5.68. The molecule has 6 heteroatoms. The molecule has 0 atom stereocenters. The molecule has 0 bridgehead atoms. The zero-order valence-electron chi connectivity index (χ0n) is 17.4. The normalized spacial score (nSPS) is 14.4.